The third kappa shape index (κ3) is 4.37. The number of anilines is 1. The van der Waals surface area contributed by atoms with Crippen LogP contribution in [0.2, 0.25) is 0 Å². The molecule has 0 radical (unpaired) electrons. The molecule has 2 rings (SSSR count). The number of hydrogen-bond donors (Lipinski definition) is 2. The molecule has 1 aliphatic heterocycles. The minimum Gasteiger partial charge on any atom is -0.380 e. The Morgan fingerprint density at radius 3 is 2.86 bits per heavy atom. The van der Waals surface area contributed by atoms with Crippen molar-refractivity contribution in [3.63, 3.8) is 0 Å². The van der Waals surface area contributed by atoms with E-state index in [2.05, 4.69) is 51.7 Å². The van der Waals surface area contributed by atoms with Gasteiger partial charge < -0.3 is 20.3 Å². The second kappa shape index (κ2) is 8.63. The number of nitrogens with zero attached hydrogens (tertiary/aromatic N) is 2. The predicted molar refractivity (Wildman–Crippen MR) is 92.8 cm³/mol. The minimum absolute atomic E-state index is 0.562. The monoisotopic (exact) mass is 304 g/mol. The number of hydrogen-bond acceptors (Lipinski definition) is 3. The van der Waals surface area contributed by atoms with Crippen molar-refractivity contribution in [3.05, 3.63) is 29.8 Å². The molecule has 1 aliphatic rings. The van der Waals surface area contributed by atoms with Crippen molar-refractivity contribution in [3.8, 4) is 0 Å². The maximum atomic E-state index is 5.31. The van der Waals surface area contributed by atoms with Gasteiger partial charge in [0.1, 0.15) is 0 Å². The van der Waals surface area contributed by atoms with Gasteiger partial charge in [0.2, 0.25) is 0 Å². The summed E-state index contributed by atoms with van der Waals surface area (Å²) in [6.45, 7) is 8.36. The molecule has 5 nitrogen and oxygen atoms in total. The van der Waals surface area contributed by atoms with Crippen LogP contribution in [0.5, 0.6) is 0 Å². The highest BCUT2D eigenvalue weighted by Crippen LogP contribution is 2.30. The van der Waals surface area contributed by atoms with Crippen molar-refractivity contribution in [2.45, 2.75) is 26.3 Å². The Hall–Kier alpha value is -1.75. The summed E-state index contributed by atoms with van der Waals surface area (Å²) in [5, 5.41) is 6.62. The highest BCUT2D eigenvalue weighted by Gasteiger charge is 2.24. The zero-order chi connectivity index (χ0) is 15.8. The average molecular weight is 304 g/mol. The molecule has 1 aromatic rings. The molecular formula is C17H28N4O. The Kier molecular flexibility index (Phi) is 6.52. The normalized spacial score (nSPS) is 17.5. The first-order chi connectivity index (χ1) is 10.8. The molecule has 0 spiro atoms. The molecular weight excluding hydrogens is 276 g/mol. The number of nitrogens with one attached hydrogen (secondary N) is 2. The standard InChI is InChI=1S/C17H28N4O/c1-4-22-12-10-20-17(18-3)19-9-11-21-14(2)13-15-7-5-6-8-16(15)21/h5-8,14H,4,9-13H2,1-3H3,(H2,18,19,20). The van der Waals surface area contributed by atoms with Crippen molar-refractivity contribution in [1.29, 1.82) is 0 Å². The van der Waals surface area contributed by atoms with Gasteiger partial charge in [-0.2, -0.15) is 0 Å². The maximum absolute atomic E-state index is 5.31. The first-order valence-corrected chi connectivity index (χ1v) is 8.13. The Morgan fingerprint density at radius 1 is 1.32 bits per heavy atom. The van der Waals surface area contributed by atoms with Gasteiger partial charge in [-0.3, -0.25) is 4.99 Å². The lowest BCUT2D eigenvalue weighted by atomic mass is 10.1. The molecule has 2 N–H and O–H groups in total. The molecule has 0 aromatic heterocycles. The lowest BCUT2D eigenvalue weighted by Crippen LogP contribution is -2.43. The first-order valence-electron chi connectivity index (χ1n) is 8.13. The molecule has 0 fully saturated rings. The molecule has 5 heteroatoms. The van der Waals surface area contributed by atoms with Crippen LogP contribution in [-0.2, 0) is 11.2 Å². The van der Waals surface area contributed by atoms with Crippen molar-refractivity contribution in [1.82, 2.24) is 10.6 Å². The molecule has 1 heterocycles. The zero-order valence-electron chi connectivity index (χ0n) is 13.9. The Bertz CT molecular complexity index is 489. The second-order valence-electron chi connectivity index (χ2n) is 5.50. The number of rotatable bonds is 7. The number of aliphatic imine (C=N–C) groups is 1. The van der Waals surface area contributed by atoms with Gasteiger partial charge in [0.05, 0.1) is 6.61 Å². The molecule has 0 saturated carbocycles. The van der Waals surface area contributed by atoms with E-state index in [1.165, 1.54) is 11.3 Å². The fourth-order valence-electron chi connectivity index (χ4n) is 2.87. The fourth-order valence-corrected chi connectivity index (χ4v) is 2.87. The van der Waals surface area contributed by atoms with Crippen LogP contribution in [-0.4, -0.2) is 51.9 Å². The van der Waals surface area contributed by atoms with Crippen LogP contribution in [0.25, 0.3) is 0 Å². The number of para-hydroxylation sites is 1. The summed E-state index contributed by atoms with van der Waals surface area (Å²) in [6, 6.07) is 9.25. The number of guanidine groups is 1. The molecule has 0 aliphatic carbocycles. The quantitative estimate of drug-likeness (QED) is 0.457. The van der Waals surface area contributed by atoms with Crippen LogP contribution in [0, 0.1) is 0 Å². The lowest BCUT2D eigenvalue weighted by molar-refractivity contribution is 0.152. The van der Waals surface area contributed by atoms with E-state index in [9.17, 15) is 0 Å². The topological polar surface area (TPSA) is 48.9 Å². The summed E-state index contributed by atoms with van der Waals surface area (Å²) in [6.07, 6.45) is 1.14. The molecule has 1 aromatic carbocycles. The average Bonchev–Trinajstić information content (AvgIpc) is 2.85. The van der Waals surface area contributed by atoms with Crippen LogP contribution in [0.4, 0.5) is 5.69 Å². The number of benzene rings is 1. The van der Waals surface area contributed by atoms with Gasteiger partial charge in [-0.05, 0) is 31.9 Å². The number of ether oxygens (including phenoxy) is 1. The van der Waals surface area contributed by atoms with Gasteiger partial charge >= 0.3 is 0 Å². The molecule has 0 saturated heterocycles. The van der Waals surface area contributed by atoms with Crippen molar-refractivity contribution >= 4 is 11.6 Å². The fraction of sp³-hybridized carbons (Fsp3) is 0.588. The predicted octanol–water partition coefficient (Wildman–Crippen LogP) is 1.64. The van der Waals surface area contributed by atoms with Crippen LogP contribution in [0.15, 0.2) is 29.3 Å². The third-order valence-electron chi connectivity index (χ3n) is 3.96. The van der Waals surface area contributed by atoms with Gasteiger partial charge in [-0.1, -0.05) is 18.2 Å². The van der Waals surface area contributed by atoms with E-state index in [0.29, 0.717) is 12.6 Å². The van der Waals surface area contributed by atoms with E-state index in [4.69, 9.17) is 4.74 Å². The second-order valence-corrected chi connectivity index (χ2v) is 5.50. The highest BCUT2D eigenvalue weighted by atomic mass is 16.5. The summed E-state index contributed by atoms with van der Waals surface area (Å²) in [7, 11) is 1.80. The Morgan fingerprint density at radius 2 is 2.09 bits per heavy atom. The van der Waals surface area contributed by atoms with Crippen LogP contribution >= 0.6 is 0 Å². The van der Waals surface area contributed by atoms with Crippen LogP contribution in [0.3, 0.4) is 0 Å². The Labute approximate surface area is 133 Å². The SMILES string of the molecule is CCOCCNC(=NC)NCCN1c2ccccc2CC1C. The summed E-state index contributed by atoms with van der Waals surface area (Å²) < 4.78 is 5.31. The maximum Gasteiger partial charge on any atom is 0.191 e. The van der Waals surface area contributed by atoms with Crippen LogP contribution < -0.4 is 15.5 Å². The van der Waals surface area contributed by atoms with Gasteiger partial charge in [-0.15, -0.1) is 0 Å². The van der Waals surface area contributed by atoms with Crippen molar-refractivity contribution in [2.75, 3.05) is 44.8 Å². The van der Waals surface area contributed by atoms with E-state index < -0.39 is 0 Å². The van der Waals surface area contributed by atoms with E-state index in [1.54, 1.807) is 7.05 Å². The van der Waals surface area contributed by atoms with Gasteiger partial charge in [-0.25, -0.2) is 0 Å². The van der Waals surface area contributed by atoms with Gasteiger partial charge in [0.25, 0.3) is 0 Å². The first kappa shape index (κ1) is 16.6. The summed E-state index contributed by atoms with van der Waals surface area (Å²) in [4.78, 5) is 6.70. The van der Waals surface area contributed by atoms with E-state index in [-0.39, 0.29) is 0 Å². The third-order valence-corrected chi connectivity index (χ3v) is 3.96. The van der Waals surface area contributed by atoms with Gasteiger partial charge in [0, 0.05) is 45.0 Å². The molecule has 0 amide bonds. The van der Waals surface area contributed by atoms with E-state index >= 15 is 0 Å². The van der Waals surface area contributed by atoms with Crippen LogP contribution in [0.1, 0.15) is 19.4 Å². The summed E-state index contributed by atoms with van der Waals surface area (Å²) in [5.41, 5.74) is 2.82. The van der Waals surface area contributed by atoms with Crippen molar-refractivity contribution < 1.29 is 4.74 Å². The number of fused-ring (bicyclic) bond motifs is 1. The summed E-state index contributed by atoms with van der Waals surface area (Å²) >= 11 is 0. The minimum atomic E-state index is 0.562. The Balaban J connectivity index is 1.76. The molecule has 1 unspecified atom stereocenters. The molecule has 1 atom stereocenters. The lowest BCUT2D eigenvalue weighted by Gasteiger charge is -2.25. The van der Waals surface area contributed by atoms with E-state index in [1.807, 2.05) is 6.92 Å². The largest absolute Gasteiger partial charge is 0.380 e. The zero-order valence-corrected chi connectivity index (χ0v) is 13.9. The van der Waals surface area contributed by atoms with E-state index in [0.717, 1.165) is 38.6 Å². The smallest absolute Gasteiger partial charge is 0.191 e. The molecule has 0 bridgehead atoms. The highest BCUT2D eigenvalue weighted by molar-refractivity contribution is 5.79. The van der Waals surface area contributed by atoms with Crippen molar-refractivity contribution in [2.24, 2.45) is 4.99 Å². The summed E-state index contributed by atoms with van der Waals surface area (Å²) in [5.74, 6) is 0.833. The molecule has 122 valence electrons. The molecule has 22 heavy (non-hydrogen) atoms. The van der Waals surface area contributed by atoms with Gasteiger partial charge in [0.15, 0.2) is 5.96 Å².